The molecule has 0 fully saturated rings. The predicted octanol–water partition coefficient (Wildman–Crippen LogP) is 2.26. The number of hydrogen-bond donors (Lipinski definition) is 1. The molecule has 0 radical (unpaired) electrons. The summed E-state index contributed by atoms with van der Waals surface area (Å²) in [6.07, 6.45) is 0.978. The van der Waals surface area contributed by atoms with Crippen molar-refractivity contribution in [3.63, 3.8) is 0 Å². The third kappa shape index (κ3) is 5.76. The average molecular weight is 378 g/mol. The van der Waals surface area contributed by atoms with Crippen LogP contribution in [-0.2, 0) is 16.1 Å². The molecule has 2 amide bonds. The monoisotopic (exact) mass is 378 g/mol. The lowest BCUT2D eigenvalue weighted by Crippen LogP contribution is -2.42. The molecule has 0 aliphatic carbocycles. The van der Waals surface area contributed by atoms with Gasteiger partial charge in [-0.2, -0.15) is 5.10 Å². The Hall–Kier alpha value is -2.99. The minimum atomic E-state index is -0.195. The minimum Gasteiger partial charge on any atom is -0.353 e. The van der Waals surface area contributed by atoms with Gasteiger partial charge in [0, 0.05) is 32.5 Å². The molecule has 0 aromatic heterocycles. The molecule has 2 aromatic rings. The maximum atomic E-state index is 12.2. The van der Waals surface area contributed by atoms with Crippen molar-refractivity contribution in [1.29, 1.82) is 0 Å². The van der Waals surface area contributed by atoms with Gasteiger partial charge < -0.3 is 10.2 Å². The number of amides is 2. The molecule has 0 atom stereocenters. The summed E-state index contributed by atoms with van der Waals surface area (Å²) >= 11 is 0. The van der Waals surface area contributed by atoms with Crippen LogP contribution < -0.4 is 5.32 Å². The summed E-state index contributed by atoms with van der Waals surface area (Å²) < 4.78 is 0. The van der Waals surface area contributed by atoms with E-state index in [-0.39, 0.29) is 18.4 Å². The maximum Gasteiger partial charge on any atom is 0.243 e. The smallest absolute Gasteiger partial charge is 0.243 e. The van der Waals surface area contributed by atoms with Gasteiger partial charge in [-0.05, 0) is 18.2 Å². The largest absolute Gasteiger partial charge is 0.353 e. The summed E-state index contributed by atoms with van der Waals surface area (Å²) in [6.45, 7) is 2.04. The topological polar surface area (TPSA) is 65.0 Å². The van der Waals surface area contributed by atoms with E-state index in [1.165, 1.54) is 10.6 Å². The van der Waals surface area contributed by atoms with Gasteiger partial charge in [0.05, 0.1) is 5.71 Å². The van der Waals surface area contributed by atoms with Gasteiger partial charge in [-0.15, -0.1) is 0 Å². The molecule has 1 aliphatic heterocycles. The summed E-state index contributed by atoms with van der Waals surface area (Å²) in [5.74, 6) is -0.310. The van der Waals surface area contributed by atoms with Gasteiger partial charge in [0.25, 0.3) is 0 Å². The van der Waals surface area contributed by atoms with Gasteiger partial charge in [0.2, 0.25) is 11.8 Å². The standard InChI is InChI=1S/C22H26N4O2/c1-25(16-18-8-4-2-5-9-18)15-14-23-21(27)17-26-22(28)13-12-20(24-26)19-10-6-3-7-11-19/h2-11H,12-17H2,1H3,(H,23,27). The molecule has 0 saturated carbocycles. The molecule has 0 spiro atoms. The lowest BCUT2D eigenvalue weighted by Gasteiger charge is -2.23. The highest BCUT2D eigenvalue weighted by atomic mass is 16.2. The minimum absolute atomic E-state index is 0.0441. The number of likely N-dealkylation sites (N-methyl/N-ethyl adjacent to an activating group) is 1. The number of nitrogens with zero attached hydrogens (tertiary/aromatic N) is 3. The molecule has 0 bridgehead atoms. The van der Waals surface area contributed by atoms with Crippen LogP contribution in [0, 0.1) is 0 Å². The van der Waals surface area contributed by atoms with Crippen molar-refractivity contribution < 1.29 is 9.59 Å². The van der Waals surface area contributed by atoms with Crippen molar-refractivity contribution in [2.24, 2.45) is 5.10 Å². The van der Waals surface area contributed by atoms with Gasteiger partial charge in [-0.3, -0.25) is 9.59 Å². The Morgan fingerprint density at radius 1 is 1.07 bits per heavy atom. The molecule has 6 heteroatoms. The zero-order valence-corrected chi connectivity index (χ0v) is 16.2. The predicted molar refractivity (Wildman–Crippen MR) is 110 cm³/mol. The second kappa shape index (κ2) is 9.80. The fourth-order valence-electron chi connectivity index (χ4n) is 3.11. The van der Waals surface area contributed by atoms with Gasteiger partial charge in [-0.1, -0.05) is 60.7 Å². The highest BCUT2D eigenvalue weighted by molar-refractivity contribution is 6.04. The number of benzene rings is 2. The van der Waals surface area contributed by atoms with E-state index in [1.54, 1.807) is 0 Å². The summed E-state index contributed by atoms with van der Waals surface area (Å²) in [7, 11) is 2.02. The molecule has 2 aromatic carbocycles. The fraction of sp³-hybridized carbons (Fsp3) is 0.318. The van der Waals surface area contributed by atoms with Crippen LogP contribution in [0.25, 0.3) is 0 Å². The summed E-state index contributed by atoms with van der Waals surface area (Å²) in [5, 5.41) is 8.57. The van der Waals surface area contributed by atoms with Crippen molar-refractivity contribution in [3.8, 4) is 0 Å². The highest BCUT2D eigenvalue weighted by Gasteiger charge is 2.23. The maximum absolute atomic E-state index is 12.2. The van der Waals surface area contributed by atoms with Gasteiger partial charge in [0.15, 0.2) is 0 Å². The molecule has 146 valence electrons. The van der Waals surface area contributed by atoms with Crippen LogP contribution >= 0.6 is 0 Å². The average Bonchev–Trinajstić information content (AvgIpc) is 2.71. The first-order valence-corrected chi connectivity index (χ1v) is 9.54. The van der Waals surface area contributed by atoms with E-state index in [9.17, 15) is 9.59 Å². The van der Waals surface area contributed by atoms with Gasteiger partial charge >= 0.3 is 0 Å². The van der Waals surface area contributed by atoms with E-state index in [2.05, 4.69) is 27.5 Å². The molecule has 1 aliphatic rings. The number of nitrogens with one attached hydrogen (secondary N) is 1. The molecular formula is C22H26N4O2. The number of carbonyl (C=O) groups excluding carboxylic acids is 2. The van der Waals surface area contributed by atoms with E-state index in [0.717, 1.165) is 24.4 Å². The normalized spacial score (nSPS) is 14.1. The van der Waals surface area contributed by atoms with Gasteiger partial charge in [0.1, 0.15) is 6.54 Å². The molecule has 6 nitrogen and oxygen atoms in total. The zero-order chi connectivity index (χ0) is 19.8. The van der Waals surface area contributed by atoms with E-state index in [0.29, 0.717) is 19.4 Å². The Bertz CT molecular complexity index is 821. The Labute approximate surface area is 165 Å². The van der Waals surface area contributed by atoms with Crippen LogP contribution in [-0.4, -0.2) is 54.1 Å². The lowest BCUT2D eigenvalue weighted by atomic mass is 10.0. The van der Waals surface area contributed by atoms with E-state index < -0.39 is 0 Å². The van der Waals surface area contributed by atoms with E-state index in [4.69, 9.17) is 0 Å². The molecule has 3 rings (SSSR count). The van der Waals surface area contributed by atoms with Crippen LogP contribution in [0.1, 0.15) is 24.0 Å². The third-order valence-corrected chi connectivity index (χ3v) is 4.62. The Morgan fingerprint density at radius 3 is 2.46 bits per heavy atom. The van der Waals surface area contributed by atoms with E-state index >= 15 is 0 Å². The van der Waals surface area contributed by atoms with Crippen LogP contribution in [0.3, 0.4) is 0 Å². The Kier molecular flexibility index (Phi) is 6.92. The van der Waals surface area contributed by atoms with Crippen LogP contribution in [0.2, 0.25) is 0 Å². The van der Waals surface area contributed by atoms with Crippen LogP contribution in [0.4, 0.5) is 0 Å². The van der Waals surface area contributed by atoms with Crippen molar-refractivity contribution in [1.82, 2.24) is 15.2 Å². The molecule has 0 unspecified atom stereocenters. The quantitative estimate of drug-likeness (QED) is 0.766. The van der Waals surface area contributed by atoms with Gasteiger partial charge in [-0.25, -0.2) is 5.01 Å². The Balaban J connectivity index is 1.46. The molecular weight excluding hydrogens is 352 g/mol. The third-order valence-electron chi connectivity index (χ3n) is 4.62. The molecule has 1 heterocycles. The Morgan fingerprint density at radius 2 is 1.75 bits per heavy atom. The van der Waals surface area contributed by atoms with Crippen molar-refractivity contribution in [2.75, 3.05) is 26.7 Å². The molecule has 28 heavy (non-hydrogen) atoms. The van der Waals surface area contributed by atoms with Crippen LogP contribution in [0.5, 0.6) is 0 Å². The number of hydrogen-bond acceptors (Lipinski definition) is 4. The van der Waals surface area contributed by atoms with E-state index in [1.807, 2.05) is 55.6 Å². The first-order valence-electron chi connectivity index (χ1n) is 9.54. The number of rotatable bonds is 8. The number of carbonyl (C=O) groups is 2. The summed E-state index contributed by atoms with van der Waals surface area (Å²) in [6, 6.07) is 20.0. The first kappa shape index (κ1) is 19.8. The summed E-state index contributed by atoms with van der Waals surface area (Å²) in [4.78, 5) is 26.5. The SMILES string of the molecule is CN(CCNC(=O)CN1N=C(c2ccccc2)CCC1=O)Cc1ccccc1. The second-order valence-electron chi connectivity index (χ2n) is 6.94. The van der Waals surface area contributed by atoms with Crippen molar-refractivity contribution in [3.05, 3.63) is 71.8 Å². The zero-order valence-electron chi connectivity index (χ0n) is 16.2. The number of hydrazone groups is 1. The lowest BCUT2D eigenvalue weighted by molar-refractivity contribution is -0.136. The summed E-state index contributed by atoms with van der Waals surface area (Å²) in [5.41, 5.74) is 3.07. The van der Waals surface area contributed by atoms with Crippen molar-refractivity contribution in [2.45, 2.75) is 19.4 Å². The van der Waals surface area contributed by atoms with Crippen molar-refractivity contribution >= 4 is 17.5 Å². The highest BCUT2D eigenvalue weighted by Crippen LogP contribution is 2.14. The molecule has 1 N–H and O–H groups in total. The second-order valence-corrected chi connectivity index (χ2v) is 6.94. The van der Waals surface area contributed by atoms with Crippen LogP contribution in [0.15, 0.2) is 65.8 Å². The first-order chi connectivity index (χ1) is 13.6. The molecule has 0 saturated heterocycles. The fourth-order valence-corrected chi connectivity index (χ4v) is 3.11.